The Morgan fingerprint density at radius 1 is 1.04 bits per heavy atom. The Labute approximate surface area is 141 Å². The molecule has 1 aliphatic carbocycles. The van der Waals surface area contributed by atoms with Crippen LogP contribution in [0, 0.1) is 0 Å². The van der Waals surface area contributed by atoms with Gasteiger partial charge in [-0.3, -0.25) is 0 Å². The SMILES string of the molecule is Oc1ccc(C2CCc3cc(O)ccc3C2Cn2ccnc2)cc1. The van der Waals surface area contributed by atoms with Crippen LogP contribution < -0.4 is 0 Å². The van der Waals surface area contributed by atoms with Crippen molar-refractivity contribution in [1.29, 1.82) is 0 Å². The topological polar surface area (TPSA) is 58.3 Å². The highest BCUT2D eigenvalue weighted by Crippen LogP contribution is 2.44. The zero-order valence-corrected chi connectivity index (χ0v) is 13.3. The van der Waals surface area contributed by atoms with Crippen molar-refractivity contribution in [3.05, 3.63) is 77.9 Å². The number of hydrogen-bond donors (Lipinski definition) is 2. The summed E-state index contributed by atoms with van der Waals surface area (Å²) < 4.78 is 2.11. The highest BCUT2D eigenvalue weighted by molar-refractivity contribution is 5.42. The Balaban J connectivity index is 1.75. The molecule has 0 saturated heterocycles. The maximum absolute atomic E-state index is 9.80. The van der Waals surface area contributed by atoms with Gasteiger partial charge in [-0.15, -0.1) is 0 Å². The van der Waals surface area contributed by atoms with Gasteiger partial charge in [0.1, 0.15) is 11.5 Å². The molecule has 1 aliphatic rings. The van der Waals surface area contributed by atoms with Gasteiger partial charge in [0.25, 0.3) is 0 Å². The molecule has 122 valence electrons. The molecule has 1 aromatic heterocycles. The van der Waals surface area contributed by atoms with Gasteiger partial charge in [-0.1, -0.05) is 18.2 Å². The summed E-state index contributed by atoms with van der Waals surface area (Å²) in [5.41, 5.74) is 3.78. The van der Waals surface area contributed by atoms with Crippen molar-refractivity contribution in [2.75, 3.05) is 0 Å². The van der Waals surface area contributed by atoms with Crippen LogP contribution in [-0.2, 0) is 13.0 Å². The van der Waals surface area contributed by atoms with Crippen LogP contribution >= 0.6 is 0 Å². The summed E-state index contributed by atoms with van der Waals surface area (Å²) in [6.07, 6.45) is 7.62. The monoisotopic (exact) mass is 320 g/mol. The molecule has 0 bridgehead atoms. The minimum Gasteiger partial charge on any atom is -0.508 e. The molecule has 4 heteroatoms. The molecule has 24 heavy (non-hydrogen) atoms. The Hall–Kier alpha value is -2.75. The van der Waals surface area contributed by atoms with E-state index in [1.54, 1.807) is 24.4 Å². The van der Waals surface area contributed by atoms with Crippen LogP contribution in [0.15, 0.2) is 61.2 Å². The number of hydrogen-bond acceptors (Lipinski definition) is 3. The first-order chi connectivity index (χ1) is 11.7. The standard InChI is InChI=1S/C20H20N2O2/c23-16-4-1-14(2-5-16)18-7-3-15-11-17(24)6-8-19(15)20(18)12-22-10-9-21-13-22/h1-2,4-6,8-11,13,18,20,23-24H,3,7,12H2. The summed E-state index contributed by atoms with van der Waals surface area (Å²) >= 11 is 0. The van der Waals surface area contributed by atoms with E-state index in [9.17, 15) is 10.2 Å². The van der Waals surface area contributed by atoms with Crippen molar-refractivity contribution in [2.45, 2.75) is 31.2 Å². The Morgan fingerprint density at radius 3 is 2.58 bits per heavy atom. The molecule has 0 spiro atoms. The number of imidazole rings is 1. The molecule has 2 aromatic carbocycles. The maximum Gasteiger partial charge on any atom is 0.115 e. The fourth-order valence-corrected chi connectivity index (χ4v) is 3.87. The number of aromatic hydroxyl groups is 2. The number of fused-ring (bicyclic) bond motifs is 1. The van der Waals surface area contributed by atoms with E-state index in [1.165, 1.54) is 16.7 Å². The maximum atomic E-state index is 9.80. The number of rotatable bonds is 3. The van der Waals surface area contributed by atoms with Gasteiger partial charge in [-0.25, -0.2) is 4.98 Å². The molecule has 0 aliphatic heterocycles. The molecule has 2 unspecified atom stereocenters. The van der Waals surface area contributed by atoms with Gasteiger partial charge in [0.05, 0.1) is 6.33 Å². The van der Waals surface area contributed by atoms with Gasteiger partial charge in [-0.05, 0) is 59.7 Å². The lowest BCUT2D eigenvalue weighted by Gasteiger charge is -2.34. The van der Waals surface area contributed by atoms with Crippen molar-refractivity contribution in [2.24, 2.45) is 0 Å². The molecule has 2 N–H and O–H groups in total. The quantitative estimate of drug-likeness (QED) is 0.771. The average Bonchev–Trinajstić information content (AvgIpc) is 3.09. The predicted molar refractivity (Wildman–Crippen MR) is 92.2 cm³/mol. The van der Waals surface area contributed by atoms with E-state index in [0.717, 1.165) is 19.4 Å². The van der Waals surface area contributed by atoms with Crippen LogP contribution in [0.5, 0.6) is 11.5 Å². The zero-order chi connectivity index (χ0) is 16.5. The van der Waals surface area contributed by atoms with E-state index in [2.05, 4.69) is 15.6 Å². The van der Waals surface area contributed by atoms with Gasteiger partial charge >= 0.3 is 0 Å². The number of aryl methyl sites for hydroxylation is 1. The van der Waals surface area contributed by atoms with Gasteiger partial charge in [-0.2, -0.15) is 0 Å². The van der Waals surface area contributed by atoms with Crippen molar-refractivity contribution < 1.29 is 10.2 Å². The van der Waals surface area contributed by atoms with Gasteiger partial charge in [0, 0.05) is 24.9 Å². The van der Waals surface area contributed by atoms with Gasteiger partial charge in [0.2, 0.25) is 0 Å². The van der Waals surface area contributed by atoms with E-state index in [0.29, 0.717) is 23.3 Å². The van der Waals surface area contributed by atoms with Crippen LogP contribution in [0.2, 0.25) is 0 Å². The van der Waals surface area contributed by atoms with Crippen LogP contribution in [0.3, 0.4) is 0 Å². The van der Waals surface area contributed by atoms with E-state index >= 15 is 0 Å². The van der Waals surface area contributed by atoms with E-state index in [1.807, 2.05) is 30.7 Å². The first-order valence-electron chi connectivity index (χ1n) is 8.27. The summed E-state index contributed by atoms with van der Waals surface area (Å²) in [7, 11) is 0. The molecule has 0 radical (unpaired) electrons. The molecule has 3 aromatic rings. The van der Waals surface area contributed by atoms with Crippen LogP contribution in [0.1, 0.15) is 34.9 Å². The third kappa shape index (κ3) is 2.75. The van der Waals surface area contributed by atoms with E-state index in [-0.39, 0.29) is 0 Å². The summed E-state index contributed by atoms with van der Waals surface area (Å²) in [5, 5.41) is 19.4. The number of benzene rings is 2. The summed E-state index contributed by atoms with van der Waals surface area (Å²) in [4.78, 5) is 4.16. The summed E-state index contributed by atoms with van der Waals surface area (Å²) in [5.74, 6) is 1.32. The Bertz CT molecular complexity index is 825. The first-order valence-corrected chi connectivity index (χ1v) is 8.27. The zero-order valence-electron chi connectivity index (χ0n) is 13.3. The fourth-order valence-electron chi connectivity index (χ4n) is 3.87. The Morgan fingerprint density at radius 2 is 1.83 bits per heavy atom. The normalized spacial score (nSPS) is 19.8. The summed E-state index contributed by atoms with van der Waals surface area (Å²) in [6, 6.07) is 13.3. The van der Waals surface area contributed by atoms with Crippen molar-refractivity contribution in [3.8, 4) is 11.5 Å². The average molecular weight is 320 g/mol. The molecule has 0 amide bonds. The minimum atomic E-state index is 0.297. The smallest absolute Gasteiger partial charge is 0.115 e. The number of phenols is 2. The molecular formula is C20H20N2O2. The molecular weight excluding hydrogens is 300 g/mol. The molecule has 4 rings (SSSR count). The second kappa shape index (κ2) is 6.04. The van der Waals surface area contributed by atoms with Gasteiger partial charge in [0.15, 0.2) is 0 Å². The lowest BCUT2D eigenvalue weighted by molar-refractivity contribution is 0.418. The van der Waals surface area contributed by atoms with Crippen LogP contribution in [-0.4, -0.2) is 19.8 Å². The largest absolute Gasteiger partial charge is 0.508 e. The third-order valence-corrected chi connectivity index (χ3v) is 5.02. The van der Waals surface area contributed by atoms with Crippen molar-refractivity contribution in [1.82, 2.24) is 9.55 Å². The van der Waals surface area contributed by atoms with Crippen LogP contribution in [0.25, 0.3) is 0 Å². The highest BCUT2D eigenvalue weighted by Gasteiger charge is 2.31. The van der Waals surface area contributed by atoms with Crippen molar-refractivity contribution in [3.63, 3.8) is 0 Å². The molecule has 4 nitrogen and oxygen atoms in total. The molecule has 0 saturated carbocycles. The van der Waals surface area contributed by atoms with E-state index < -0.39 is 0 Å². The number of aromatic nitrogens is 2. The molecule has 2 atom stereocenters. The highest BCUT2D eigenvalue weighted by atomic mass is 16.3. The van der Waals surface area contributed by atoms with Crippen LogP contribution in [0.4, 0.5) is 0 Å². The van der Waals surface area contributed by atoms with Crippen molar-refractivity contribution >= 4 is 0 Å². The lowest BCUT2D eigenvalue weighted by atomic mass is 9.72. The minimum absolute atomic E-state index is 0.297. The first kappa shape index (κ1) is 14.8. The van der Waals surface area contributed by atoms with Gasteiger partial charge < -0.3 is 14.8 Å². The van der Waals surface area contributed by atoms with E-state index in [4.69, 9.17) is 0 Å². The second-order valence-corrected chi connectivity index (χ2v) is 6.49. The fraction of sp³-hybridized carbons (Fsp3) is 0.250. The third-order valence-electron chi connectivity index (χ3n) is 5.02. The number of phenolic OH excluding ortho intramolecular Hbond substituents is 2. The lowest BCUT2D eigenvalue weighted by Crippen LogP contribution is -2.23. The molecule has 1 heterocycles. The second-order valence-electron chi connectivity index (χ2n) is 6.49. The predicted octanol–water partition coefficient (Wildman–Crippen LogP) is 3.81. The summed E-state index contributed by atoms with van der Waals surface area (Å²) in [6.45, 7) is 0.851. The Kier molecular flexibility index (Phi) is 3.73. The number of nitrogens with zero attached hydrogens (tertiary/aromatic N) is 2. The molecule has 0 fully saturated rings.